The molecule has 0 aliphatic rings. The number of non-ortho nitro benzene ring substituents is 1. The summed E-state index contributed by atoms with van der Waals surface area (Å²) in [6.45, 7) is 1.56. The van der Waals surface area contributed by atoms with Gasteiger partial charge in [-0.05, 0) is 72.1 Å². The summed E-state index contributed by atoms with van der Waals surface area (Å²) in [5.41, 5.74) is 4.84. The van der Waals surface area contributed by atoms with Crippen LogP contribution in [0.4, 0.5) is 11.4 Å². The van der Waals surface area contributed by atoms with Crippen LogP contribution in [0.1, 0.15) is 16.7 Å². The SMILES string of the molecule is Cc1ccc(N(CC(=O)N/N=C\c2ccc(OCc3ccc([N+](=O)[O-])cc3)cc2)S(C)(=O)=O)cc1Cl. The van der Waals surface area contributed by atoms with Gasteiger partial charge in [-0.2, -0.15) is 5.10 Å². The number of benzene rings is 3. The maximum atomic E-state index is 12.3. The van der Waals surface area contributed by atoms with Crippen molar-refractivity contribution in [2.45, 2.75) is 13.5 Å². The molecule has 12 heteroatoms. The fourth-order valence-electron chi connectivity index (χ4n) is 3.01. The highest BCUT2D eigenvalue weighted by Crippen LogP contribution is 2.24. The minimum Gasteiger partial charge on any atom is -0.489 e. The Morgan fingerprint density at radius 1 is 1.14 bits per heavy atom. The molecule has 188 valence electrons. The number of nitro groups is 1. The predicted molar refractivity (Wildman–Crippen MR) is 138 cm³/mol. The maximum absolute atomic E-state index is 12.3. The van der Waals surface area contributed by atoms with Gasteiger partial charge in [0.25, 0.3) is 11.6 Å². The minimum absolute atomic E-state index is 0.0121. The lowest BCUT2D eigenvalue weighted by Gasteiger charge is -2.21. The lowest BCUT2D eigenvalue weighted by molar-refractivity contribution is -0.384. The highest BCUT2D eigenvalue weighted by molar-refractivity contribution is 7.92. The minimum atomic E-state index is -3.74. The third-order valence-electron chi connectivity index (χ3n) is 4.97. The quantitative estimate of drug-likeness (QED) is 0.239. The normalized spacial score (nSPS) is 11.3. The van der Waals surface area contributed by atoms with Gasteiger partial charge in [-0.3, -0.25) is 19.2 Å². The first-order valence-electron chi connectivity index (χ1n) is 10.5. The van der Waals surface area contributed by atoms with E-state index in [1.165, 1.54) is 24.4 Å². The van der Waals surface area contributed by atoms with E-state index in [4.69, 9.17) is 16.3 Å². The molecule has 0 atom stereocenters. The number of nitrogens with zero attached hydrogens (tertiary/aromatic N) is 3. The van der Waals surface area contributed by atoms with Crippen molar-refractivity contribution in [2.24, 2.45) is 5.10 Å². The second-order valence-electron chi connectivity index (χ2n) is 7.78. The van der Waals surface area contributed by atoms with Gasteiger partial charge < -0.3 is 4.74 Å². The molecule has 0 aliphatic carbocycles. The van der Waals surface area contributed by atoms with E-state index >= 15 is 0 Å². The molecular formula is C24H23ClN4O6S. The second kappa shape index (κ2) is 11.6. The van der Waals surface area contributed by atoms with Crippen LogP contribution in [0.2, 0.25) is 5.02 Å². The van der Waals surface area contributed by atoms with Crippen molar-refractivity contribution in [1.82, 2.24) is 5.43 Å². The molecule has 0 unspecified atom stereocenters. The number of anilines is 1. The second-order valence-corrected chi connectivity index (χ2v) is 10.1. The molecule has 3 aromatic rings. The fraction of sp³-hybridized carbons (Fsp3) is 0.167. The van der Waals surface area contributed by atoms with E-state index in [0.29, 0.717) is 16.3 Å². The summed E-state index contributed by atoms with van der Waals surface area (Å²) in [4.78, 5) is 22.6. The third-order valence-corrected chi connectivity index (χ3v) is 6.51. The molecule has 36 heavy (non-hydrogen) atoms. The number of rotatable bonds is 10. The molecule has 1 N–H and O–H groups in total. The number of ether oxygens (including phenoxy) is 1. The molecule has 0 saturated carbocycles. The van der Waals surface area contributed by atoms with Gasteiger partial charge in [0, 0.05) is 17.2 Å². The third kappa shape index (κ3) is 7.52. The number of carbonyl (C=O) groups is 1. The summed E-state index contributed by atoms with van der Waals surface area (Å²) in [7, 11) is -3.74. The molecule has 0 saturated heterocycles. The van der Waals surface area contributed by atoms with Crippen LogP contribution in [0.5, 0.6) is 5.75 Å². The van der Waals surface area contributed by atoms with Gasteiger partial charge in [0.05, 0.1) is 23.1 Å². The molecule has 1 amide bonds. The van der Waals surface area contributed by atoms with E-state index in [-0.39, 0.29) is 18.0 Å². The molecule has 10 nitrogen and oxygen atoms in total. The van der Waals surface area contributed by atoms with Gasteiger partial charge >= 0.3 is 0 Å². The Balaban J connectivity index is 1.54. The number of hydrogen-bond donors (Lipinski definition) is 1. The molecule has 0 spiro atoms. The van der Waals surface area contributed by atoms with Crippen LogP contribution in [0.15, 0.2) is 71.8 Å². The molecule has 0 heterocycles. The van der Waals surface area contributed by atoms with Crippen LogP contribution in [-0.4, -0.2) is 38.3 Å². The summed E-state index contributed by atoms with van der Waals surface area (Å²) >= 11 is 6.10. The van der Waals surface area contributed by atoms with E-state index in [1.54, 1.807) is 55.5 Å². The largest absolute Gasteiger partial charge is 0.489 e. The Labute approximate surface area is 213 Å². The lowest BCUT2D eigenvalue weighted by Crippen LogP contribution is -2.39. The Morgan fingerprint density at radius 3 is 2.39 bits per heavy atom. The predicted octanol–water partition coefficient (Wildman–Crippen LogP) is 4.05. The summed E-state index contributed by atoms with van der Waals surface area (Å²) in [6, 6.07) is 17.7. The first-order chi connectivity index (χ1) is 17.0. The summed E-state index contributed by atoms with van der Waals surface area (Å²) in [6.07, 6.45) is 2.41. The first-order valence-corrected chi connectivity index (χ1v) is 12.8. The molecule has 0 bridgehead atoms. The number of carbonyl (C=O) groups excluding carboxylic acids is 1. The molecule has 0 aliphatic heterocycles. The molecule has 3 rings (SSSR count). The average Bonchev–Trinajstić information content (AvgIpc) is 2.83. The summed E-state index contributed by atoms with van der Waals surface area (Å²) < 4.78 is 31.0. The highest BCUT2D eigenvalue weighted by Gasteiger charge is 2.21. The number of nitrogens with one attached hydrogen (secondary N) is 1. The summed E-state index contributed by atoms with van der Waals surface area (Å²) in [5, 5.41) is 15.0. The van der Waals surface area contributed by atoms with E-state index in [1.807, 2.05) is 0 Å². The topological polar surface area (TPSA) is 131 Å². The van der Waals surface area contributed by atoms with Crippen molar-refractivity contribution < 1.29 is 22.9 Å². The fourth-order valence-corrected chi connectivity index (χ4v) is 4.04. The number of halogens is 1. The Hall–Kier alpha value is -3.96. The van der Waals surface area contributed by atoms with Crippen LogP contribution >= 0.6 is 11.6 Å². The molecule has 0 aromatic heterocycles. The van der Waals surface area contributed by atoms with E-state index in [0.717, 1.165) is 21.7 Å². The van der Waals surface area contributed by atoms with Crippen molar-refractivity contribution >= 4 is 45.1 Å². The van der Waals surface area contributed by atoms with Gasteiger partial charge in [0.15, 0.2) is 0 Å². The van der Waals surface area contributed by atoms with Crippen LogP contribution in [0.25, 0.3) is 0 Å². The Bertz CT molecular complexity index is 1380. The van der Waals surface area contributed by atoms with Crippen LogP contribution in [-0.2, 0) is 21.4 Å². The van der Waals surface area contributed by atoms with Gasteiger partial charge in [-0.25, -0.2) is 13.8 Å². The zero-order chi connectivity index (χ0) is 26.3. The van der Waals surface area contributed by atoms with E-state index in [2.05, 4.69) is 10.5 Å². The smallest absolute Gasteiger partial charge is 0.269 e. The number of aryl methyl sites for hydroxylation is 1. The highest BCUT2D eigenvalue weighted by atomic mass is 35.5. The average molecular weight is 531 g/mol. The standard InChI is InChI=1S/C24H23ClN4O6S/c1-17-3-8-21(13-23(17)25)28(36(2,33)34)15-24(30)27-26-14-18-6-11-22(12-7-18)35-16-19-4-9-20(10-5-19)29(31)32/h3-14H,15-16H2,1-2H3,(H,27,30)/b26-14-. The van der Waals surface area contributed by atoms with Crippen molar-refractivity contribution in [2.75, 3.05) is 17.1 Å². The van der Waals surface area contributed by atoms with Gasteiger partial charge in [-0.1, -0.05) is 17.7 Å². The monoisotopic (exact) mass is 530 g/mol. The number of nitro benzene ring substituents is 1. The number of hydrogen-bond acceptors (Lipinski definition) is 7. The molecular weight excluding hydrogens is 508 g/mol. The Morgan fingerprint density at radius 2 is 1.81 bits per heavy atom. The number of sulfonamides is 1. The van der Waals surface area contributed by atoms with Crippen molar-refractivity contribution in [3.63, 3.8) is 0 Å². The molecule has 0 fully saturated rings. The van der Waals surface area contributed by atoms with Crippen molar-refractivity contribution in [3.05, 3.63) is 98.6 Å². The first kappa shape index (κ1) is 26.6. The zero-order valence-corrected chi connectivity index (χ0v) is 21.0. The Kier molecular flexibility index (Phi) is 8.62. The van der Waals surface area contributed by atoms with Gasteiger partial charge in [0.2, 0.25) is 10.0 Å². The van der Waals surface area contributed by atoms with Crippen molar-refractivity contribution in [3.8, 4) is 5.75 Å². The van der Waals surface area contributed by atoms with Crippen molar-refractivity contribution in [1.29, 1.82) is 0 Å². The molecule has 3 aromatic carbocycles. The zero-order valence-electron chi connectivity index (χ0n) is 19.4. The summed E-state index contributed by atoms with van der Waals surface area (Å²) in [5.74, 6) is -0.0495. The van der Waals surface area contributed by atoms with Gasteiger partial charge in [-0.15, -0.1) is 0 Å². The van der Waals surface area contributed by atoms with E-state index in [9.17, 15) is 23.3 Å². The van der Waals surface area contributed by atoms with Crippen LogP contribution < -0.4 is 14.5 Å². The van der Waals surface area contributed by atoms with E-state index < -0.39 is 27.4 Å². The van der Waals surface area contributed by atoms with Gasteiger partial charge in [0.1, 0.15) is 18.9 Å². The molecule has 0 radical (unpaired) electrons. The maximum Gasteiger partial charge on any atom is 0.269 e. The van der Waals surface area contributed by atoms with Crippen LogP contribution in [0.3, 0.4) is 0 Å². The van der Waals surface area contributed by atoms with Crippen LogP contribution in [0, 0.1) is 17.0 Å². The number of amides is 1. The lowest BCUT2D eigenvalue weighted by atomic mass is 10.2. The number of hydrazone groups is 1.